The average molecular weight is 547 g/mol. The van der Waals surface area contributed by atoms with Gasteiger partial charge in [-0.15, -0.1) is 0 Å². The molecule has 2 aromatic carbocycles. The van der Waals surface area contributed by atoms with Gasteiger partial charge in [-0.1, -0.05) is 0 Å². The zero-order valence-corrected chi connectivity index (χ0v) is 23.3. The van der Waals surface area contributed by atoms with Crippen molar-refractivity contribution in [2.45, 2.75) is 84.4 Å². The van der Waals surface area contributed by atoms with Crippen molar-refractivity contribution in [3.05, 3.63) is 44.8 Å². The number of halogens is 1. The van der Waals surface area contributed by atoms with E-state index in [2.05, 4.69) is 84.3 Å². The molecule has 0 aliphatic heterocycles. The predicted molar refractivity (Wildman–Crippen MR) is 143 cm³/mol. The molecule has 1 aromatic heterocycles. The maximum atomic E-state index is 3.75. The fourth-order valence-electron chi connectivity index (χ4n) is 3.77. The maximum absolute atomic E-state index is 3.75. The second-order valence-electron chi connectivity index (χ2n) is 9.51. The second-order valence-corrected chi connectivity index (χ2v) is 17.6. The minimum atomic E-state index is -1.37. The number of aryl methyl sites for hydroxylation is 1. The average Bonchev–Trinajstić information content (AvgIpc) is 3.07. The first kappa shape index (κ1) is 23.9. The van der Waals surface area contributed by atoms with Crippen LogP contribution in [0, 0.1) is 11.5 Å². The van der Waals surface area contributed by atoms with Crippen molar-refractivity contribution in [3.8, 4) is 11.5 Å². The molecule has 0 aliphatic carbocycles. The molecule has 30 heavy (non-hydrogen) atoms. The fraction of sp³-hybridized carbons (Fsp3) is 0.481. The molecule has 0 radical (unpaired) electrons. The minimum absolute atomic E-state index is 0.507. The molecular weight excluding hydrogens is 511 g/mol. The van der Waals surface area contributed by atoms with Gasteiger partial charge in [-0.2, -0.15) is 0 Å². The van der Waals surface area contributed by atoms with E-state index in [1.165, 1.54) is 73.9 Å². The summed E-state index contributed by atoms with van der Waals surface area (Å²) in [5.41, 5.74) is 4.62. The second kappa shape index (κ2) is 11.2. The molecule has 160 valence electrons. The van der Waals surface area contributed by atoms with E-state index in [0.717, 1.165) is 10.0 Å². The molecule has 0 atom stereocenters. The summed E-state index contributed by atoms with van der Waals surface area (Å²) in [7, 11) is -1.37. The van der Waals surface area contributed by atoms with Crippen molar-refractivity contribution in [2.24, 2.45) is 0 Å². The third kappa shape index (κ3) is 7.13. The van der Waals surface area contributed by atoms with Crippen LogP contribution in [-0.4, -0.2) is 22.6 Å². The van der Waals surface area contributed by atoms with Gasteiger partial charge in [0.25, 0.3) is 0 Å². The molecule has 0 amide bonds. The zero-order chi connectivity index (χ0) is 21.6. The van der Waals surface area contributed by atoms with Crippen LogP contribution >= 0.6 is 15.9 Å². The van der Waals surface area contributed by atoms with E-state index in [0.29, 0.717) is 14.5 Å². The van der Waals surface area contributed by atoms with Gasteiger partial charge in [0.1, 0.15) is 0 Å². The molecule has 0 spiro atoms. The Balaban J connectivity index is 1.67. The first-order valence-electron chi connectivity index (χ1n) is 11.5. The molecule has 0 unspecified atom stereocenters. The van der Waals surface area contributed by atoms with Crippen LogP contribution in [-0.2, 0) is 6.42 Å². The summed E-state index contributed by atoms with van der Waals surface area (Å²) in [5, 5.41) is 4.10. The molecule has 3 aromatic rings. The van der Waals surface area contributed by atoms with E-state index in [4.69, 9.17) is 0 Å². The summed E-state index contributed by atoms with van der Waals surface area (Å²) < 4.78 is 4.35. The quantitative estimate of drug-likeness (QED) is 0.143. The molecule has 0 saturated carbocycles. The summed E-state index contributed by atoms with van der Waals surface area (Å²) in [5.74, 6) is 3.43. The van der Waals surface area contributed by atoms with Gasteiger partial charge in [0.15, 0.2) is 0 Å². The Morgan fingerprint density at radius 2 is 1.47 bits per heavy atom. The molecule has 1 heterocycles. The molecule has 0 N–H and O–H groups in total. The van der Waals surface area contributed by atoms with Crippen LogP contribution in [0.5, 0.6) is 0 Å². The van der Waals surface area contributed by atoms with Crippen LogP contribution in [0.4, 0.5) is 0 Å². The van der Waals surface area contributed by atoms with Gasteiger partial charge >= 0.3 is 200 Å². The monoisotopic (exact) mass is 546 g/mol. The Hall–Kier alpha value is -0.784. The molecule has 3 heteroatoms. The number of hydrogen-bond donors (Lipinski definition) is 0. The summed E-state index contributed by atoms with van der Waals surface area (Å²) in [6.07, 6.45) is 12.5. The summed E-state index contributed by atoms with van der Waals surface area (Å²) >= 11 is 4.26. The molecule has 0 nitrogen and oxygen atoms in total. The van der Waals surface area contributed by atoms with Gasteiger partial charge in [-0.25, -0.2) is 0 Å². The normalized spacial score (nSPS) is 11.8. The van der Waals surface area contributed by atoms with E-state index < -0.39 is 8.07 Å². The van der Waals surface area contributed by atoms with Crippen LogP contribution < -0.4 is 0 Å². The molecular formula is C27H35BrSeSi. The van der Waals surface area contributed by atoms with Crippen molar-refractivity contribution in [1.29, 1.82) is 0 Å². The Kier molecular flexibility index (Phi) is 8.90. The van der Waals surface area contributed by atoms with Crippen LogP contribution in [0.2, 0.25) is 19.6 Å². The van der Waals surface area contributed by atoms with E-state index in [1.807, 2.05) is 0 Å². The van der Waals surface area contributed by atoms with E-state index >= 15 is 0 Å². The predicted octanol–water partition coefficient (Wildman–Crippen LogP) is 8.72. The standard InChI is InChI=1S/C27H35BrSeSi/c1-5-6-7-8-9-10-11-12-13-25-18-24-17-22-16-21(14-15-30(2,3)4)26(28)19-23(22)20-27(24)29-25/h16-20H,5-13H2,1-4H3. The first-order chi connectivity index (χ1) is 14.4. The van der Waals surface area contributed by atoms with Gasteiger partial charge in [0, 0.05) is 0 Å². The zero-order valence-electron chi connectivity index (χ0n) is 19.0. The Morgan fingerprint density at radius 3 is 2.17 bits per heavy atom. The summed E-state index contributed by atoms with van der Waals surface area (Å²) in [4.78, 5) is 0. The van der Waals surface area contributed by atoms with Crippen LogP contribution in [0.3, 0.4) is 0 Å². The fourth-order valence-corrected chi connectivity index (χ4v) is 7.12. The third-order valence-corrected chi connectivity index (χ3v) is 9.42. The number of fused-ring (bicyclic) bond motifs is 2. The first-order valence-corrected chi connectivity index (χ1v) is 17.6. The van der Waals surface area contributed by atoms with Crippen molar-refractivity contribution < 1.29 is 0 Å². The van der Waals surface area contributed by atoms with Crippen molar-refractivity contribution in [3.63, 3.8) is 0 Å². The van der Waals surface area contributed by atoms with E-state index in [-0.39, 0.29) is 0 Å². The van der Waals surface area contributed by atoms with Crippen LogP contribution in [0.1, 0.15) is 68.3 Å². The van der Waals surface area contributed by atoms with Crippen LogP contribution in [0.15, 0.2) is 34.8 Å². The number of benzene rings is 2. The van der Waals surface area contributed by atoms with Gasteiger partial charge < -0.3 is 0 Å². The van der Waals surface area contributed by atoms with Gasteiger partial charge in [0.05, 0.1) is 0 Å². The summed E-state index contributed by atoms with van der Waals surface area (Å²) in [6.45, 7) is 9.17. The molecule has 0 saturated heterocycles. The molecule has 0 fully saturated rings. The third-order valence-electron chi connectivity index (χ3n) is 5.46. The number of unbranched alkanes of at least 4 members (excludes halogenated alkanes) is 7. The Morgan fingerprint density at radius 1 is 0.800 bits per heavy atom. The van der Waals surface area contributed by atoms with Gasteiger partial charge in [-0.3, -0.25) is 0 Å². The van der Waals surface area contributed by atoms with Gasteiger partial charge in [-0.05, 0) is 0 Å². The molecule has 0 bridgehead atoms. The Bertz CT molecular complexity index is 1050. The SMILES string of the molecule is CCCCCCCCCCc1cc2cc3cc(C#C[Si](C)(C)C)c(Br)cc3cc2[se]1. The number of hydrogen-bond acceptors (Lipinski definition) is 0. The molecule has 0 aliphatic rings. The molecule has 3 rings (SSSR count). The topological polar surface area (TPSA) is 0 Å². The summed E-state index contributed by atoms with van der Waals surface area (Å²) in [6, 6.07) is 11.8. The van der Waals surface area contributed by atoms with E-state index in [9.17, 15) is 0 Å². The van der Waals surface area contributed by atoms with Gasteiger partial charge in [0.2, 0.25) is 0 Å². The van der Waals surface area contributed by atoms with E-state index in [1.54, 1.807) is 8.70 Å². The van der Waals surface area contributed by atoms with Crippen LogP contribution in [0.25, 0.3) is 20.4 Å². The Labute approximate surface area is 198 Å². The number of rotatable bonds is 9. The van der Waals surface area contributed by atoms with Crippen molar-refractivity contribution in [1.82, 2.24) is 0 Å². The van der Waals surface area contributed by atoms with Crippen molar-refractivity contribution >= 4 is 58.9 Å². The van der Waals surface area contributed by atoms with Crippen molar-refractivity contribution in [2.75, 3.05) is 0 Å².